The molecule has 0 radical (unpaired) electrons. The van der Waals surface area contributed by atoms with Gasteiger partial charge in [0.2, 0.25) is 0 Å². The van der Waals surface area contributed by atoms with Crippen molar-refractivity contribution < 1.29 is 4.57 Å². The summed E-state index contributed by atoms with van der Waals surface area (Å²) in [5, 5.41) is 0. The maximum absolute atomic E-state index is 2.61. The van der Waals surface area contributed by atoms with Crippen molar-refractivity contribution in [2.45, 2.75) is 207 Å². The van der Waals surface area contributed by atoms with Crippen LogP contribution in [0.1, 0.15) is 194 Å². The highest BCUT2D eigenvalue weighted by molar-refractivity contribution is 4.84. The molecule has 0 aliphatic carbocycles. The number of aromatic nitrogens is 2. The Hall–Kier alpha value is -0.790. The normalized spacial score (nSPS) is 11.5. The Balaban J connectivity index is 2.23. The minimum absolute atomic E-state index is 1.22. The fourth-order valence-corrected chi connectivity index (χ4v) is 5.80. The van der Waals surface area contributed by atoms with Crippen LogP contribution in [0.2, 0.25) is 0 Å². The second-order valence-corrected chi connectivity index (χ2v) is 12.0. The van der Waals surface area contributed by atoms with Crippen molar-refractivity contribution in [3.05, 3.63) is 18.2 Å². The zero-order chi connectivity index (χ0) is 26.7. The van der Waals surface area contributed by atoms with Gasteiger partial charge in [0, 0.05) is 6.42 Å². The molecule has 2 nitrogen and oxygen atoms in total. The minimum atomic E-state index is 1.22. The van der Waals surface area contributed by atoms with Gasteiger partial charge in [0.05, 0.1) is 13.1 Å². The lowest BCUT2D eigenvalue weighted by Gasteiger charge is -2.07. The number of unbranched alkanes of at least 4 members (excludes halogenated alkanes) is 23. The average molecular weight is 518 g/mol. The van der Waals surface area contributed by atoms with Crippen LogP contribution < -0.4 is 4.57 Å². The lowest BCUT2D eigenvalue weighted by atomic mass is 10.0. The molecule has 0 spiro atoms. The summed E-state index contributed by atoms with van der Waals surface area (Å²) in [6.45, 7) is 9.38. The molecule has 0 N–H and O–H groups in total. The molecule has 0 aliphatic heterocycles. The molecule has 0 saturated heterocycles. The molecule has 0 atom stereocenters. The van der Waals surface area contributed by atoms with Crippen molar-refractivity contribution in [3.63, 3.8) is 0 Å². The summed E-state index contributed by atoms with van der Waals surface area (Å²) < 4.78 is 5.21. The van der Waals surface area contributed by atoms with Gasteiger partial charge in [0.15, 0.2) is 0 Å². The summed E-state index contributed by atoms with van der Waals surface area (Å²) in [7, 11) is 0. The van der Waals surface area contributed by atoms with Crippen LogP contribution in [-0.4, -0.2) is 4.57 Å². The van der Waals surface area contributed by atoms with Crippen molar-refractivity contribution in [2.24, 2.45) is 0 Å². The van der Waals surface area contributed by atoms with Gasteiger partial charge in [-0.25, -0.2) is 9.13 Å². The highest BCUT2D eigenvalue weighted by Gasteiger charge is 2.16. The van der Waals surface area contributed by atoms with Crippen LogP contribution in [0.25, 0.3) is 0 Å². The van der Waals surface area contributed by atoms with Crippen molar-refractivity contribution in [1.29, 1.82) is 0 Å². The Morgan fingerprint density at radius 2 is 0.838 bits per heavy atom. The quantitative estimate of drug-likeness (QED) is 0.0737. The summed E-state index contributed by atoms with van der Waals surface area (Å²) in [4.78, 5) is 0. The summed E-state index contributed by atoms with van der Waals surface area (Å²) in [5.74, 6) is 1.61. The summed E-state index contributed by atoms with van der Waals surface area (Å²) >= 11 is 0. The summed E-state index contributed by atoms with van der Waals surface area (Å²) in [6.07, 6.45) is 43.0. The fraction of sp³-hybridized carbons (Fsp3) is 0.914. The number of hydrogen-bond acceptors (Lipinski definition) is 0. The highest BCUT2D eigenvalue weighted by atomic mass is 15.1. The number of aryl methyl sites for hydroxylation is 2. The Morgan fingerprint density at radius 1 is 0.459 bits per heavy atom. The lowest BCUT2D eigenvalue weighted by Crippen LogP contribution is -2.37. The molecule has 218 valence electrons. The topological polar surface area (TPSA) is 8.81 Å². The van der Waals surface area contributed by atoms with E-state index in [2.05, 4.69) is 42.3 Å². The molecular weight excluding hydrogens is 448 g/mol. The van der Waals surface area contributed by atoms with Crippen LogP contribution in [-0.2, 0) is 19.5 Å². The van der Waals surface area contributed by atoms with E-state index in [1.807, 2.05) is 0 Å². The van der Waals surface area contributed by atoms with Crippen LogP contribution >= 0.6 is 0 Å². The predicted octanol–water partition coefficient (Wildman–Crippen LogP) is 11.5. The SMILES string of the molecule is CCCCCCCCCCCCCCC[n+]1ccn(CCCCCC)c1CCCCCCCCCCC. The second-order valence-electron chi connectivity index (χ2n) is 12.0. The van der Waals surface area contributed by atoms with Gasteiger partial charge in [-0.05, 0) is 32.1 Å². The third kappa shape index (κ3) is 19.9. The molecule has 0 saturated carbocycles. The van der Waals surface area contributed by atoms with E-state index in [1.165, 1.54) is 186 Å². The first-order valence-corrected chi connectivity index (χ1v) is 17.4. The van der Waals surface area contributed by atoms with E-state index in [4.69, 9.17) is 0 Å². The van der Waals surface area contributed by atoms with E-state index in [0.717, 1.165) is 0 Å². The molecule has 1 heterocycles. The Labute approximate surface area is 234 Å². The van der Waals surface area contributed by atoms with Gasteiger partial charge in [-0.2, -0.15) is 0 Å². The molecule has 0 bridgehead atoms. The number of rotatable bonds is 29. The molecule has 37 heavy (non-hydrogen) atoms. The smallest absolute Gasteiger partial charge is 0.234 e. The van der Waals surface area contributed by atoms with Crippen LogP contribution in [0.3, 0.4) is 0 Å². The van der Waals surface area contributed by atoms with E-state index in [9.17, 15) is 0 Å². The van der Waals surface area contributed by atoms with Gasteiger partial charge in [-0.15, -0.1) is 0 Å². The van der Waals surface area contributed by atoms with Gasteiger partial charge in [0.1, 0.15) is 12.4 Å². The van der Waals surface area contributed by atoms with Crippen molar-refractivity contribution in [3.8, 4) is 0 Å². The Kier molecular flexibility index (Phi) is 24.8. The standard InChI is InChI=1S/C35H69N2/c1-4-7-10-13-15-17-18-19-20-22-24-26-29-32-37-34-33-36(31-28-12-9-6-3)35(37)30-27-25-23-21-16-14-11-8-5-2/h33-34H,4-32H2,1-3H3/q+1. The summed E-state index contributed by atoms with van der Waals surface area (Å²) in [5.41, 5.74) is 0. The minimum Gasteiger partial charge on any atom is -0.234 e. The highest BCUT2D eigenvalue weighted by Crippen LogP contribution is 2.14. The molecule has 0 amide bonds. The van der Waals surface area contributed by atoms with E-state index in [-0.39, 0.29) is 0 Å². The maximum Gasteiger partial charge on any atom is 0.256 e. The predicted molar refractivity (Wildman–Crippen MR) is 165 cm³/mol. The first kappa shape index (κ1) is 34.2. The average Bonchev–Trinajstić information content (AvgIpc) is 3.29. The van der Waals surface area contributed by atoms with E-state index in [1.54, 1.807) is 5.82 Å². The van der Waals surface area contributed by atoms with E-state index >= 15 is 0 Å². The molecular formula is C35H69N2+. The molecule has 0 aliphatic rings. The largest absolute Gasteiger partial charge is 0.256 e. The van der Waals surface area contributed by atoms with Gasteiger partial charge >= 0.3 is 0 Å². The van der Waals surface area contributed by atoms with Gasteiger partial charge in [-0.3, -0.25) is 0 Å². The van der Waals surface area contributed by atoms with E-state index in [0.29, 0.717) is 0 Å². The van der Waals surface area contributed by atoms with Crippen molar-refractivity contribution in [2.75, 3.05) is 0 Å². The van der Waals surface area contributed by atoms with Gasteiger partial charge in [0.25, 0.3) is 5.82 Å². The van der Waals surface area contributed by atoms with Crippen LogP contribution in [0.4, 0.5) is 0 Å². The van der Waals surface area contributed by atoms with Crippen molar-refractivity contribution in [1.82, 2.24) is 4.57 Å². The second kappa shape index (κ2) is 26.8. The first-order chi connectivity index (χ1) is 18.3. The maximum atomic E-state index is 2.61. The van der Waals surface area contributed by atoms with Gasteiger partial charge in [-0.1, -0.05) is 156 Å². The number of hydrogen-bond donors (Lipinski definition) is 0. The number of imidazole rings is 1. The molecule has 0 aromatic carbocycles. The molecule has 2 heteroatoms. The Morgan fingerprint density at radius 3 is 1.30 bits per heavy atom. The zero-order valence-electron chi connectivity index (χ0n) is 26.1. The molecule has 0 unspecified atom stereocenters. The third-order valence-electron chi connectivity index (χ3n) is 8.35. The summed E-state index contributed by atoms with van der Waals surface area (Å²) in [6, 6.07) is 0. The fourth-order valence-electron chi connectivity index (χ4n) is 5.80. The van der Waals surface area contributed by atoms with Gasteiger partial charge < -0.3 is 0 Å². The van der Waals surface area contributed by atoms with Crippen LogP contribution in [0, 0.1) is 0 Å². The first-order valence-electron chi connectivity index (χ1n) is 17.4. The van der Waals surface area contributed by atoms with Crippen LogP contribution in [0.15, 0.2) is 12.4 Å². The third-order valence-corrected chi connectivity index (χ3v) is 8.35. The van der Waals surface area contributed by atoms with Crippen molar-refractivity contribution >= 4 is 0 Å². The van der Waals surface area contributed by atoms with E-state index < -0.39 is 0 Å². The molecule has 1 aromatic rings. The molecule has 1 rings (SSSR count). The number of nitrogens with zero attached hydrogens (tertiary/aromatic N) is 2. The molecule has 0 fully saturated rings. The lowest BCUT2D eigenvalue weighted by molar-refractivity contribution is -0.704. The Bertz CT molecular complexity index is 576. The molecule has 1 aromatic heterocycles. The van der Waals surface area contributed by atoms with Crippen LogP contribution in [0.5, 0.6) is 0 Å². The zero-order valence-corrected chi connectivity index (χ0v) is 26.1. The monoisotopic (exact) mass is 518 g/mol.